The average Bonchev–Trinajstić information content (AvgIpc) is 3.14. The number of aliphatic hydroxyl groups excluding tert-OH is 3. The summed E-state index contributed by atoms with van der Waals surface area (Å²) in [6.45, 7) is 6.79. The second kappa shape index (κ2) is 15.7. The topological polar surface area (TPSA) is 237 Å². The van der Waals surface area contributed by atoms with Crippen LogP contribution in [0.3, 0.4) is 0 Å². The molecule has 56 heavy (non-hydrogen) atoms. The number of ketones is 2. The first-order valence-corrected chi connectivity index (χ1v) is 19.1. The number of methoxy groups -OCH3 is 1. The zero-order valence-corrected chi connectivity index (χ0v) is 31.8. The second-order valence-electron chi connectivity index (χ2n) is 15.5. The van der Waals surface area contributed by atoms with Crippen molar-refractivity contribution in [2.75, 3.05) is 7.11 Å². The van der Waals surface area contributed by atoms with Crippen molar-refractivity contribution < 1.29 is 78.2 Å². The van der Waals surface area contributed by atoms with Crippen molar-refractivity contribution in [2.24, 2.45) is 0 Å². The summed E-state index contributed by atoms with van der Waals surface area (Å²) in [5, 5.41) is 66.8. The molecule has 0 saturated carbocycles. The van der Waals surface area contributed by atoms with Gasteiger partial charge in [-0.05, 0) is 51.3 Å². The van der Waals surface area contributed by atoms with Crippen LogP contribution in [0.15, 0.2) is 24.3 Å². The molecule has 3 heterocycles. The lowest BCUT2D eigenvalue weighted by molar-refractivity contribution is -0.333. The number of hydrogen-bond acceptors (Lipinski definition) is 16. The number of rotatable bonds is 8. The van der Waals surface area contributed by atoms with Gasteiger partial charge >= 0.3 is 5.97 Å². The zero-order chi connectivity index (χ0) is 40.4. The first kappa shape index (κ1) is 40.6. The molecule has 2 aromatic carbocycles. The van der Waals surface area contributed by atoms with Gasteiger partial charge in [-0.15, -0.1) is 0 Å². The number of carbonyl (C=O) groups excluding carboxylic acids is 3. The van der Waals surface area contributed by atoms with Gasteiger partial charge in [-0.3, -0.25) is 14.4 Å². The maximum absolute atomic E-state index is 13.8. The fraction of sp³-hybridized carbons (Fsp3) is 0.625. The Morgan fingerprint density at radius 3 is 2.00 bits per heavy atom. The molecule has 7 rings (SSSR count). The number of phenolic OH excluding ortho intramolecular Hbond substituents is 2. The highest BCUT2D eigenvalue weighted by Gasteiger charge is 2.53. The van der Waals surface area contributed by atoms with Crippen LogP contribution in [0.2, 0.25) is 0 Å². The summed E-state index contributed by atoms with van der Waals surface area (Å²) in [5.74, 6) is -4.79. The molecule has 0 amide bonds. The summed E-state index contributed by atoms with van der Waals surface area (Å²) in [6.07, 6.45) is -9.51. The fourth-order valence-corrected chi connectivity index (χ4v) is 8.87. The molecule has 2 aliphatic carbocycles. The third-order valence-electron chi connectivity index (χ3n) is 11.9. The van der Waals surface area contributed by atoms with E-state index < -0.39 is 114 Å². The molecule has 0 aromatic heterocycles. The first-order chi connectivity index (χ1) is 26.6. The molecule has 6 N–H and O–H groups in total. The van der Waals surface area contributed by atoms with Crippen molar-refractivity contribution in [1.29, 1.82) is 0 Å². The largest absolute Gasteiger partial charge is 0.507 e. The summed E-state index contributed by atoms with van der Waals surface area (Å²) < 4.78 is 41.6. The summed E-state index contributed by atoms with van der Waals surface area (Å²) >= 11 is 0. The van der Waals surface area contributed by atoms with Crippen molar-refractivity contribution in [1.82, 2.24) is 0 Å². The number of hydrogen-bond donors (Lipinski definition) is 6. The van der Waals surface area contributed by atoms with Crippen LogP contribution in [0.5, 0.6) is 11.5 Å². The lowest BCUT2D eigenvalue weighted by Crippen LogP contribution is -2.55. The lowest BCUT2D eigenvalue weighted by atomic mass is 9.67. The molecule has 16 nitrogen and oxygen atoms in total. The van der Waals surface area contributed by atoms with E-state index >= 15 is 0 Å². The smallest absolute Gasteiger partial charge is 0.316 e. The standard InChI is InChI=1S/C40H50O16/c1-6-40(49)15-26(31-20(33(40)39(48)50-5)12-21-32(36(31)47)35(46)30-19(34(21)45)8-7-9-23(30)42)54-28-13-24(43)38(18(4)52-28)56-29-14-25(44)37(17(3)53-29)55-27-11-10-22(41)16(2)51-27/h7-9,12,16-18,22,24-29,33,37-38,41-44,47,49H,6,10-11,13-15H2,1-5H3/t16?,17?,18?,22?,24?,25?,26?,27?,28?,29?,33?,37?,38?,40-/m1/s1. The first-order valence-electron chi connectivity index (χ1n) is 19.1. The molecule has 306 valence electrons. The Bertz CT molecular complexity index is 1820. The number of aliphatic hydroxyl groups is 4. The third-order valence-corrected chi connectivity index (χ3v) is 11.9. The number of ether oxygens (including phenoxy) is 7. The van der Waals surface area contributed by atoms with Gasteiger partial charge in [0.1, 0.15) is 29.6 Å². The SMILES string of the molecule is CC[C@@]1(O)CC(OC2CC(O)C(OC3CC(O)C(OC4CCC(O)C(C)O4)C(C)O3)C(C)O2)c2c(cc3c(c2O)C(=O)c2c(O)cccc2C3=O)C1C(=O)OC. The van der Waals surface area contributed by atoms with Gasteiger partial charge < -0.3 is 63.8 Å². The molecule has 14 atom stereocenters. The molecule has 2 aromatic rings. The molecule has 13 unspecified atom stereocenters. The third kappa shape index (κ3) is 7.14. The van der Waals surface area contributed by atoms with Gasteiger partial charge in [-0.2, -0.15) is 0 Å². The van der Waals surface area contributed by atoms with Crippen molar-refractivity contribution >= 4 is 17.5 Å². The van der Waals surface area contributed by atoms with Gasteiger partial charge in [-0.25, -0.2) is 0 Å². The van der Waals surface area contributed by atoms with E-state index in [1.54, 1.807) is 27.7 Å². The van der Waals surface area contributed by atoms with Crippen LogP contribution in [0.25, 0.3) is 0 Å². The monoisotopic (exact) mass is 786 g/mol. The van der Waals surface area contributed by atoms with Crippen molar-refractivity contribution in [3.63, 3.8) is 0 Å². The number of esters is 1. The van der Waals surface area contributed by atoms with Gasteiger partial charge in [0.15, 0.2) is 24.7 Å². The molecular weight excluding hydrogens is 736 g/mol. The van der Waals surface area contributed by atoms with Crippen molar-refractivity contribution in [3.8, 4) is 11.5 Å². The highest BCUT2D eigenvalue weighted by Crippen LogP contribution is 2.54. The van der Waals surface area contributed by atoms with Crippen LogP contribution in [0, 0.1) is 0 Å². The Balaban J connectivity index is 1.10. The molecule has 0 radical (unpaired) electrons. The van der Waals surface area contributed by atoms with E-state index in [1.807, 2.05) is 0 Å². The van der Waals surface area contributed by atoms with Crippen molar-refractivity contribution in [2.45, 2.75) is 152 Å². The van der Waals surface area contributed by atoms with E-state index in [2.05, 4.69) is 0 Å². The van der Waals surface area contributed by atoms with Crippen LogP contribution in [0.1, 0.15) is 121 Å². The van der Waals surface area contributed by atoms with Crippen LogP contribution in [-0.2, 0) is 38.0 Å². The maximum atomic E-state index is 13.8. The zero-order valence-electron chi connectivity index (χ0n) is 31.8. The molecule has 16 heteroatoms. The molecule has 5 aliphatic rings. The molecule has 0 bridgehead atoms. The molecule has 0 spiro atoms. The van der Waals surface area contributed by atoms with Crippen LogP contribution >= 0.6 is 0 Å². The lowest BCUT2D eigenvalue weighted by Gasteiger charge is -2.46. The van der Waals surface area contributed by atoms with Crippen LogP contribution in [-0.4, -0.2) is 129 Å². The minimum Gasteiger partial charge on any atom is -0.507 e. The minimum absolute atomic E-state index is 0.0237. The Morgan fingerprint density at radius 2 is 1.41 bits per heavy atom. The molecule has 3 aliphatic heterocycles. The fourth-order valence-electron chi connectivity index (χ4n) is 8.87. The second-order valence-corrected chi connectivity index (χ2v) is 15.5. The highest BCUT2D eigenvalue weighted by molar-refractivity contribution is 6.30. The summed E-state index contributed by atoms with van der Waals surface area (Å²) in [4.78, 5) is 40.9. The Morgan fingerprint density at radius 1 is 0.804 bits per heavy atom. The van der Waals surface area contributed by atoms with E-state index in [9.17, 15) is 45.0 Å². The minimum atomic E-state index is -1.80. The van der Waals surface area contributed by atoms with Gasteiger partial charge in [-0.1, -0.05) is 19.1 Å². The summed E-state index contributed by atoms with van der Waals surface area (Å²) in [5.41, 5.74) is -2.77. The average molecular weight is 787 g/mol. The number of fused-ring (bicyclic) bond motifs is 3. The number of benzene rings is 2. The van der Waals surface area contributed by atoms with Gasteiger partial charge in [0.05, 0.1) is 66.6 Å². The number of aromatic hydroxyl groups is 2. The summed E-state index contributed by atoms with van der Waals surface area (Å²) in [7, 11) is 1.15. The Hall–Kier alpha value is -3.55. The maximum Gasteiger partial charge on any atom is 0.316 e. The molecule has 3 saturated heterocycles. The molecule has 3 fully saturated rings. The van der Waals surface area contributed by atoms with Gasteiger partial charge in [0.2, 0.25) is 5.78 Å². The predicted molar refractivity (Wildman–Crippen MR) is 191 cm³/mol. The van der Waals surface area contributed by atoms with E-state index in [1.165, 1.54) is 24.3 Å². The van der Waals surface area contributed by atoms with E-state index in [0.717, 1.165) is 7.11 Å². The van der Waals surface area contributed by atoms with Gasteiger partial charge in [0.25, 0.3) is 0 Å². The Kier molecular flexibility index (Phi) is 11.4. The van der Waals surface area contributed by atoms with E-state index in [-0.39, 0.29) is 59.1 Å². The van der Waals surface area contributed by atoms with Crippen LogP contribution in [0.4, 0.5) is 0 Å². The van der Waals surface area contributed by atoms with Gasteiger partial charge in [0, 0.05) is 42.4 Å². The quantitative estimate of drug-likeness (QED) is 0.180. The molecular formula is C40H50O16. The summed E-state index contributed by atoms with van der Waals surface area (Å²) in [6, 6.07) is 5.33. The highest BCUT2D eigenvalue weighted by atomic mass is 16.7. The normalized spacial score (nSPS) is 38.3. The van der Waals surface area contributed by atoms with E-state index in [4.69, 9.17) is 33.2 Å². The van der Waals surface area contributed by atoms with Crippen molar-refractivity contribution in [3.05, 3.63) is 57.6 Å². The number of phenols is 2. The Labute approximate surface area is 323 Å². The van der Waals surface area contributed by atoms with Crippen LogP contribution < -0.4 is 0 Å². The van der Waals surface area contributed by atoms with E-state index in [0.29, 0.717) is 12.8 Å². The predicted octanol–water partition coefficient (Wildman–Crippen LogP) is 2.38. The number of carbonyl (C=O) groups is 3.